The van der Waals surface area contributed by atoms with Gasteiger partial charge in [-0.25, -0.2) is 9.97 Å². The van der Waals surface area contributed by atoms with Crippen molar-refractivity contribution in [1.29, 1.82) is 0 Å². The van der Waals surface area contributed by atoms with Crippen molar-refractivity contribution in [1.82, 2.24) is 19.5 Å². The molecule has 2 unspecified atom stereocenters. The molecule has 3 N–H and O–H groups in total. The molecule has 2 aromatic heterocycles. The smallest absolute Gasteiger partial charge is 0.368 e. The van der Waals surface area contributed by atoms with Crippen LogP contribution in [0.3, 0.4) is 0 Å². The Bertz CT molecular complexity index is 1460. The zero-order chi connectivity index (χ0) is 26.2. The van der Waals surface area contributed by atoms with Crippen LogP contribution < -0.4 is 16.6 Å². The summed E-state index contributed by atoms with van der Waals surface area (Å²) in [5.74, 6) is -0.696. The lowest BCUT2D eigenvalue weighted by Crippen LogP contribution is -2.36. The second kappa shape index (κ2) is 9.77. The standard InChI is InChI=1S/C25H24ClF3N6O/c1-13(2)21(33-19-12-18(25(27,28)29)32-24(30)34-19)14(3)22-31-17-11-7-10-16(26)20(17)23(36)35(22)15-8-5-4-6-9-15/h4-14,21H,1-3H3,(H3,30,32,33,34). The average Bonchev–Trinajstić information content (AvgIpc) is 2.81. The van der Waals surface area contributed by atoms with Crippen molar-refractivity contribution in [3.05, 3.63) is 81.5 Å². The lowest BCUT2D eigenvalue weighted by molar-refractivity contribution is -0.141. The number of rotatable bonds is 6. The number of nitrogens with two attached hydrogens (primary N) is 1. The SMILES string of the molecule is CC(C)C(Nc1cc(C(F)(F)F)nc(N)n1)C(C)c1nc2cccc(Cl)c2c(=O)n1-c1ccccc1. The first kappa shape index (κ1) is 25.4. The number of fused-ring (bicyclic) bond motifs is 1. The number of nitrogens with one attached hydrogen (secondary N) is 1. The van der Waals surface area contributed by atoms with Crippen molar-refractivity contribution in [3.63, 3.8) is 0 Å². The van der Waals surface area contributed by atoms with Gasteiger partial charge in [-0.05, 0) is 30.2 Å². The summed E-state index contributed by atoms with van der Waals surface area (Å²) < 4.78 is 41.4. The van der Waals surface area contributed by atoms with Gasteiger partial charge >= 0.3 is 6.18 Å². The van der Waals surface area contributed by atoms with Crippen LogP contribution in [0.2, 0.25) is 5.02 Å². The summed E-state index contributed by atoms with van der Waals surface area (Å²) in [6.45, 7) is 5.67. The Morgan fingerprint density at radius 3 is 2.33 bits per heavy atom. The first-order valence-corrected chi connectivity index (χ1v) is 11.6. The third-order valence-corrected chi connectivity index (χ3v) is 6.21. The number of benzene rings is 2. The van der Waals surface area contributed by atoms with Gasteiger partial charge in [-0.15, -0.1) is 0 Å². The molecule has 11 heteroatoms. The van der Waals surface area contributed by atoms with Crippen LogP contribution in [0.1, 0.15) is 38.2 Å². The average molecular weight is 517 g/mol. The fourth-order valence-electron chi connectivity index (χ4n) is 4.22. The molecule has 4 aromatic rings. The maximum Gasteiger partial charge on any atom is 0.433 e. The van der Waals surface area contributed by atoms with E-state index in [1.807, 2.05) is 26.8 Å². The van der Waals surface area contributed by atoms with E-state index in [9.17, 15) is 18.0 Å². The second-order valence-corrected chi connectivity index (χ2v) is 9.18. The van der Waals surface area contributed by atoms with E-state index in [1.54, 1.807) is 42.5 Å². The Morgan fingerprint density at radius 1 is 1.00 bits per heavy atom. The summed E-state index contributed by atoms with van der Waals surface area (Å²) in [5, 5.41) is 3.64. The largest absolute Gasteiger partial charge is 0.433 e. The molecular formula is C25H24ClF3N6O. The van der Waals surface area contributed by atoms with Gasteiger partial charge in [0.05, 0.1) is 21.6 Å². The minimum absolute atomic E-state index is 0.0715. The van der Waals surface area contributed by atoms with Gasteiger partial charge in [0, 0.05) is 18.0 Å². The minimum Gasteiger partial charge on any atom is -0.368 e. The second-order valence-electron chi connectivity index (χ2n) is 8.78. The van der Waals surface area contributed by atoms with Crippen molar-refractivity contribution in [3.8, 4) is 5.69 Å². The highest BCUT2D eigenvalue weighted by atomic mass is 35.5. The van der Waals surface area contributed by atoms with E-state index in [1.165, 1.54) is 4.57 Å². The number of anilines is 2. The van der Waals surface area contributed by atoms with Crippen LogP contribution in [-0.4, -0.2) is 25.6 Å². The molecule has 0 saturated heterocycles. The number of para-hydroxylation sites is 1. The zero-order valence-corrected chi connectivity index (χ0v) is 20.5. The van der Waals surface area contributed by atoms with E-state index in [2.05, 4.69) is 15.3 Å². The number of nitrogens with zero attached hydrogens (tertiary/aromatic N) is 4. The van der Waals surface area contributed by atoms with Crippen LogP contribution >= 0.6 is 11.6 Å². The summed E-state index contributed by atoms with van der Waals surface area (Å²) in [5.41, 5.74) is 5.09. The van der Waals surface area contributed by atoms with Crippen molar-refractivity contribution in [2.24, 2.45) is 5.92 Å². The van der Waals surface area contributed by atoms with Gasteiger partial charge in [-0.1, -0.05) is 56.6 Å². The summed E-state index contributed by atoms with van der Waals surface area (Å²) >= 11 is 6.36. The van der Waals surface area contributed by atoms with Gasteiger partial charge in [0.1, 0.15) is 11.6 Å². The molecule has 0 fully saturated rings. The molecule has 2 heterocycles. The number of nitrogen functional groups attached to an aromatic ring is 1. The van der Waals surface area contributed by atoms with E-state index in [4.69, 9.17) is 22.3 Å². The van der Waals surface area contributed by atoms with Crippen LogP contribution in [0.4, 0.5) is 24.9 Å². The minimum atomic E-state index is -4.68. The molecule has 0 amide bonds. The predicted molar refractivity (Wildman–Crippen MR) is 134 cm³/mol. The topological polar surface area (TPSA) is 98.7 Å². The zero-order valence-electron chi connectivity index (χ0n) is 19.7. The van der Waals surface area contributed by atoms with Crippen LogP contribution in [0.5, 0.6) is 0 Å². The highest BCUT2D eigenvalue weighted by Gasteiger charge is 2.34. The van der Waals surface area contributed by atoms with E-state index >= 15 is 0 Å². The highest BCUT2D eigenvalue weighted by Crippen LogP contribution is 2.32. The summed E-state index contributed by atoms with van der Waals surface area (Å²) in [4.78, 5) is 25.7. The Kier molecular flexibility index (Phi) is 6.90. The Morgan fingerprint density at radius 2 is 1.69 bits per heavy atom. The van der Waals surface area contributed by atoms with E-state index in [0.29, 0.717) is 17.0 Å². The van der Waals surface area contributed by atoms with Crippen LogP contribution in [0.25, 0.3) is 16.6 Å². The van der Waals surface area contributed by atoms with Crippen molar-refractivity contribution in [2.45, 2.75) is 38.9 Å². The monoisotopic (exact) mass is 516 g/mol. The molecule has 4 rings (SSSR count). The normalized spacial score (nSPS) is 13.7. The van der Waals surface area contributed by atoms with Crippen LogP contribution in [-0.2, 0) is 6.18 Å². The van der Waals surface area contributed by atoms with E-state index in [-0.39, 0.29) is 27.7 Å². The summed E-state index contributed by atoms with van der Waals surface area (Å²) in [6.07, 6.45) is -4.68. The molecule has 0 aliphatic heterocycles. The number of halogens is 4. The molecule has 2 atom stereocenters. The third-order valence-electron chi connectivity index (χ3n) is 5.90. The van der Waals surface area contributed by atoms with Gasteiger partial charge in [-0.2, -0.15) is 18.2 Å². The van der Waals surface area contributed by atoms with Crippen molar-refractivity contribution in [2.75, 3.05) is 11.1 Å². The lowest BCUT2D eigenvalue weighted by atomic mass is 9.90. The number of hydrogen-bond donors (Lipinski definition) is 2. The molecule has 0 aliphatic rings. The fraction of sp³-hybridized carbons (Fsp3) is 0.280. The summed E-state index contributed by atoms with van der Waals surface area (Å²) in [6, 6.07) is 14.4. The Balaban J connectivity index is 1.87. The molecule has 0 spiro atoms. The molecule has 0 radical (unpaired) electrons. The maximum absolute atomic E-state index is 13.7. The van der Waals surface area contributed by atoms with Crippen LogP contribution in [0, 0.1) is 5.92 Å². The highest BCUT2D eigenvalue weighted by molar-refractivity contribution is 6.35. The van der Waals surface area contributed by atoms with Crippen LogP contribution in [0.15, 0.2) is 59.4 Å². The third kappa shape index (κ3) is 4.99. The molecule has 0 saturated carbocycles. The Hall–Kier alpha value is -3.66. The number of aromatic nitrogens is 4. The van der Waals surface area contributed by atoms with Gasteiger partial charge in [0.15, 0.2) is 5.69 Å². The maximum atomic E-state index is 13.7. The van der Waals surface area contributed by atoms with Crippen molar-refractivity contribution < 1.29 is 13.2 Å². The first-order chi connectivity index (χ1) is 17.0. The van der Waals surface area contributed by atoms with Crippen molar-refractivity contribution >= 4 is 34.3 Å². The molecule has 36 heavy (non-hydrogen) atoms. The number of hydrogen-bond acceptors (Lipinski definition) is 6. The molecule has 2 aromatic carbocycles. The summed E-state index contributed by atoms with van der Waals surface area (Å²) in [7, 11) is 0. The molecule has 0 aliphatic carbocycles. The van der Waals surface area contributed by atoms with Gasteiger partial charge < -0.3 is 11.1 Å². The molecule has 188 valence electrons. The molecular weight excluding hydrogens is 493 g/mol. The lowest BCUT2D eigenvalue weighted by Gasteiger charge is -2.30. The molecule has 0 bridgehead atoms. The fourth-order valence-corrected chi connectivity index (χ4v) is 4.47. The van der Waals surface area contributed by atoms with E-state index in [0.717, 1.165) is 6.07 Å². The number of alkyl halides is 3. The molecule has 7 nitrogen and oxygen atoms in total. The van der Waals surface area contributed by atoms with E-state index < -0.39 is 29.8 Å². The predicted octanol–water partition coefficient (Wildman–Crippen LogP) is 5.67. The Labute approximate surface area is 210 Å². The van der Waals surface area contributed by atoms with Gasteiger partial charge in [0.25, 0.3) is 5.56 Å². The van der Waals surface area contributed by atoms with Gasteiger partial charge in [0.2, 0.25) is 5.95 Å². The van der Waals surface area contributed by atoms with Gasteiger partial charge in [-0.3, -0.25) is 9.36 Å². The quantitative estimate of drug-likeness (QED) is 0.342. The first-order valence-electron chi connectivity index (χ1n) is 11.2.